The molecule has 0 aliphatic rings. The van der Waals surface area contributed by atoms with E-state index in [-0.39, 0.29) is 30.6 Å². The van der Waals surface area contributed by atoms with E-state index in [4.69, 9.17) is 0 Å². The molecule has 1 rings (SSSR count). The zero-order valence-corrected chi connectivity index (χ0v) is 12.4. The molecular weight excluding hydrogens is 286 g/mol. The molecule has 0 aliphatic carbocycles. The van der Waals surface area contributed by atoms with Gasteiger partial charge in [-0.3, -0.25) is 4.79 Å². The fourth-order valence-electron chi connectivity index (χ4n) is 1.58. The summed E-state index contributed by atoms with van der Waals surface area (Å²) in [4.78, 5) is 25.3. The number of aromatic nitrogens is 2. The molecule has 0 aromatic carbocycles. The Balaban J connectivity index is 0.00000361. The van der Waals surface area contributed by atoms with E-state index in [9.17, 15) is 14.9 Å². The van der Waals surface area contributed by atoms with Gasteiger partial charge in [-0.25, -0.2) is 0 Å². The molecule has 0 bridgehead atoms. The topological polar surface area (TPSA) is 102 Å². The third kappa shape index (κ3) is 5.98. The number of carbonyl (C=O) groups excluding carboxylic acids is 1. The van der Waals surface area contributed by atoms with E-state index in [2.05, 4.69) is 15.6 Å². The van der Waals surface area contributed by atoms with Crippen LogP contribution in [-0.4, -0.2) is 40.0 Å². The summed E-state index contributed by atoms with van der Waals surface area (Å²) in [6.45, 7) is 6.24. The molecule has 114 valence electrons. The quantitative estimate of drug-likeness (QED) is 0.417. The van der Waals surface area contributed by atoms with E-state index < -0.39 is 4.92 Å². The summed E-state index contributed by atoms with van der Waals surface area (Å²) in [6.07, 6.45) is 1.63. The van der Waals surface area contributed by atoms with Gasteiger partial charge in [0.1, 0.15) is 6.20 Å². The number of imidazole rings is 1. The lowest BCUT2D eigenvalue weighted by molar-refractivity contribution is -0.389. The molecule has 1 aromatic rings. The zero-order valence-electron chi connectivity index (χ0n) is 11.6. The van der Waals surface area contributed by atoms with E-state index in [0.29, 0.717) is 18.9 Å². The fourth-order valence-corrected chi connectivity index (χ4v) is 1.58. The molecule has 1 amide bonds. The molecule has 0 spiro atoms. The van der Waals surface area contributed by atoms with Crippen molar-refractivity contribution in [1.82, 2.24) is 20.2 Å². The largest absolute Gasteiger partial charge is 0.381 e. The molecule has 0 saturated carbocycles. The molecule has 0 atom stereocenters. The summed E-state index contributed by atoms with van der Waals surface area (Å²) in [5, 5.41) is 16.4. The summed E-state index contributed by atoms with van der Waals surface area (Å²) in [6, 6.07) is 0. The van der Waals surface area contributed by atoms with Crippen LogP contribution < -0.4 is 10.6 Å². The minimum Gasteiger partial charge on any atom is -0.358 e. The van der Waals surface area contributed by atoms with E-state index in [1.54, 1.807) is 11.5 Å². The van der Waals surface area contributed by atoms with Crippen LogP contribution in [0.1, 0.15) is 19.2 Å². The monoisotopic (exact) mass is 305 g/mol. The van der Waals surface area contributed by atoms with Crippen LogP contribution in [-0.2, 0) is 11.3 Å². The van der Waals surface area contributed by atoms with Gasteiger partial charge in [-0.1, -0.05) is 6.92 Å². The van der Waals surface area contributed by atoms with Crippen molar-refractivity contribution in [2.24, 2.45) is 0 Å². The van der Waals surface area contributed by atoms with E-state index in [1.165, 1.54) is 6.20 Å². The first-order valence-corrected chi connectivity index (χ1v) is 6.20. The number of hydrogen-bond donors (Lipinski definition) is 2. The Hall–Kier alpha value is -1.67. The van der Waals surface area contributed by atoms with Gasteiger partial charge in [0.2, 0.25) is 11.7 Å². The molecule has 0 aliphatic heterocycles. The van der Waals surface area contributed by atoms with Crippen molar-refractivity contribution in [3.05, 3.63) is 22.1 Å². The first kappa shape index (κ1) is 18.3. The van der Waals surface area contributed by atoms with Crippen molar-refractivity contribution in [3.63, 3.8) is 0 Å². The molecule has 2 N–H and O–H groups in total. The maximum Gasteiger partial charge on any atom is 0.381 e. The average Bonchev–Trinajstić information content (AvgIpc) is 2.74. The lowest BCUT2D eigenvalue weighted by Gasteiger charge is -2.06. The van der Waals surface area contributed by atoms with Crippen LogP contribution in [0.25, 0.3) is 0 Å². The number of carbonyl (C=O) groups is 1. The SMILES string of the molecule is CCNCCNC(=O)CCn1cc([N+](=O)[O-])nc1C.Cl. The fraction of sp³-hybridized carbons (Fsp3) is 0.636. The Kier molecular flexibility index (Phi) is 8.49. The molecule has 0 fully saturated rings. The van der Waals surface area contributed by atoms with Crippen LogP contribution >= 0.6 is 12.4 Å². The van der Waals surface area contributed by atoms with Crippen molar-refractivity contribution in [2.45, 2.75) is 26.8 Å². The maximum atomic E-state index is 11.5. The van der Waals surface area contributed by atoms with Gasteiger partial charge in [0.25, 0.3) is 0 Å². The maximum absolute atomic E-state index is 11.5. The van der Waals surface area contributed by atoms with Crippen LogP contribution in [0.3, 0.4) is 0 Å². The first-order chi connectivity index (χ1) is 9.04. The normalized spacial score (nSPS) is 9.90. The third-order valence-corrected chi connectivity index (χ3v) is 2.60. The molecule has 0 unspecified atom stereocenters. The van der Waals surface area contributed by atoms with Crippen LogP contribution in [0.4, 0.5) is 5.82 Å². The number of rotatable bonds is 8. The summed E-state index contributed by atoms with van der Waals surface area (Å²) in [7, 11) is 0. The molecule has 1 heterocycles. The Morgan fingerprint density at radius 1 is 1.50 bits per heavy atom. The smallest absolute Gasteiger partial charge is 0.358 e. The molecule has 0 radical (unpaired) electrons. The molecule has 20 heavy (non-hydrogen) atoms. The molecule has 0 saturated heterocycles. The van der Waals surface area contributed by atoms with Crippen LogP contribution in [0, 0.1) is 17.0 Å². The number of nitrogens with one attached hydrogen (secondary N) is 2. The van der Waals surface area contributed by atoms with E-state index >= 15 is 0 Å². The van der Waals surface area contributed by atoms with E-state index in [0.717, 1.165) is 13.1 Å². The van der Waals surface area contributed by atoms with E-state index in [1.807, 2.05) is 6.92 Å². The molecular formula is C11H20ClN5O3. The van der Waals surface area contributed by atoms with Crippen LogP contribution in [0.5, 0.6) is 0 Å². The van der Waals surface area contributed by atoms with Crippen molar-refractivity contribution in [1.29, 1.82) is 0 Å². The number of nitrogens with zero attached hydrogens (tertiary/aromatic N) is 3. The lowest BCUT2D eigenvalue weighted by Crippen LogP contribution is -2.32. The number of nitro groups is 1. The standard InChI is InChI=1S/C11H19N5O3.ClH/c1-3-12-5-6-13-11(17)4-7-15-8-10(16(18)19)14-9(15)2;/h8,12H,3-7H2,1-2H3,(H,13,17);1H. The number of aryl methyl sites for hydroxylation is 2. The van der Waals surface area contributed by atoms with Gasteiger partial charge in [-0.15, -0.1) is 12.4 Å². The van der Waals surface area contributed by atoms with Crippen molar-refractivity contribution in [3.8, 4) is 0 Å². The van der Waals surface area contributed by atoms with Crippen molar-refractivity contribution < 1.29 is 9.72 Å². The Morgan fingerprint density at radius 3 is 2.75 bits per heavy atom. The van der Waals surface area contributed by atoms with Crippen LogP contribution in [0.2, 0.25) is 0 Å². The summed E-state index contributed by atoms with van der Waals surface area (Å²) in [5.74, 6) is 0.269. The third-order valence-electron chi connectivity index (χ3n) is 2.60. The van der Waals surface area contributed by atoms with Crippen LogP contribution in [0.15, 0.2) is 6.20 Å². The predicted octanol–water partition coefficient (Wildman–Crippen LogP) is 0.637. The highest BCUT2D eigenvalue weighted by Crippen LogP contribution is 2.10. The number of halogens is 1. The second-order valence-corrected chi connectivity index (χ2v) is 4.05. The molecule has 8 nitrogen and oxygen atoms in total. The Bertz CT molecular complexity index is 449. The highest BCUT2D eigenvalue weighted by molar-refractivity contribution is 5.85. The summed E-state index contributed by atoms with van der Waals surface area (Å²) in [5.41, 5.74) is 0. The zero-order chi connectivity index (χ0) is 14.3. The highest BCUT2D eigenvalue weighted by Gasteiger charge is 2.15. The Morgan fingerprint density at radius 2 is 2.20 bits per heavy atom. The minimum absolute atomic E-state index is 0. The van der Waals surface area contributed by atoms with Gasteiger partial charge < -0.3 is 25.3 Å². The first-order valence-electron chi connectivity index (χ1n) is 6.20. The van der Waals surface area contributed by atoms with Gasteiger partial charge in [0, 0.05) is 33.0 Å². The Labute approximate surface area is 123 Å². The summed E-state index contributed by atoms with van der Waals surface area (Å²) >= 11 is 0. The minimum atomic E-state index is -0.542. The molecule has 1 aromatic heterocycles. The summed E-state index contributed by atoms with van der Waals surface area (Å²) < 4.78 is 1.61. The van der Waals surface area contributed by atoms with Gasteiger partial charge >= 0.3 is 5.82 Å². The molecule has 9 heteroatoms. The highest BCUT2D eigenvalue weighted by atomic mass is 35.5. The average molecular weight is 306 g/mol. The lowest BCUT2D eigenvalue weighted by atomic mass is 10.4. The van der Waals surface area contributed by atoms with Gasteiger partial charge in [0.15, 0.2) is 0 Å². The second-order valence-electron chi connectivity index (χ2n) is 4.05. The number of amides is 1. The number of hydrogen-bond acceptors (Lipinski definition) is 5. The van der Waals surface area contributed by atoms with Gasteiger partial charge in [-0.05, 0) is 16.5 Å². The van der Waals surface area contributed by atoms with Gasteiger partial charge in [-0.2, -0.15) is 0 Å². The second kappa shape index (κ2) is 9.27. The van der Waals surface area contributed by atoms with Crippen molar-refractivity contribution >= 4 is 24.1 Å². The van der Waals surface area contributed by atoms with Crippen molar-refractivity contribution in [2.75, 3.05) is 19.6 Å². The van der Waals surface area contributed by atoms with Gasteiger partial charge in [0.05, 0.1) is 0 Å². The predicted molar refractivity (Wildman–Crippen MR) is 77.0 cm³/mol. The number of likely N-dealkylation sites (N-methyl/N-ethyl adjacent to an activating group) is 1.